The fourth-order valence-corrected chi connectivity index (χ4v) is 7.81. The number of nitrogens with two attached hydrogens (primary N) is 1. The zero-order valence-electron chi connectivity index (χ0n) is 30.1. The number of aromatic nitrogens is 12. The Morgan fingerprint density at radius 2 is 1.16 bits per heavy atom. The molecule has 55 heavy (non-hydrogen) atoms. The number of hydrogen-bond acceptors (Lipinski definition) is 16. The van der Waals surface area contributed by atoms with Crippen LogP contribution in [0.5, 0.6) is 0 Å². The summed E-state index contributed by atoms with van der Waals surface area (Å²) >= 11 is 8.89. The minimum atomic E-state index is 0.475. The Labute approximate surface area is 329 Å². The molecule has 0 amide bonds. The van der Waals surface area contributed by atoms with Crippen molar-refractivity contribution in [3.8, 4) is 22.3 Å². The highest BCUT2D eigenvalue weighted by Crippen LogP contribution is 2.30. The van der Waals surface area contributed by atoms with Gasteiger partial charge in [-0.05, 0) is 62.1 Å². The number of rotatable bonds is 6. The molecule has 0 aliphatic carbocycles. The van der Waals surface area contributed by atoms with Crippen molar-refractivity contribution < 1.29 is 0 Å². The minimum absolute atomic E-state index is 0.475. The number of anilines is 5. The van der Waals surface area contributed by atoms with E-state index in [1.54, 1.807) is 33.0 Å². The van der Waals surface area contributed by atoms with Crippen molar-refractivity contribution in [1.82, 2.24) is 59.9 Å². The van der Waals surface area contributed by atoms with Crippen LogP contribution in [0.4, 0.5) is 26.3 Å². The summed E-state index contributed by atoms with van der Waals surface area (Å²) < 4.78 is 3.53. The van der Waals surface area contributed by atoms with Crippen molar-refractivity contribution >= 4 is 82.7 Å². The van der Waals surface area contributed by atoms with Gasteiger partial charge in [0.1, 0.15) is 11.0 Å². The van der Waals surface area contributed by atoms with Gasteiger partial charge in [-0.2, -0.15) is 10.2 Å². The first-order valence-electron chi connectivity index (χ1n) is 17.7. The molecule has 2 saturated heterocycles. The predicted octanol–water partition coefficient (Wildman–Crippen LogP) is 6.63. The third-order valence-electron chi connectivity index (χ3n) is 8.95. The van der Waals surface area contributed by atoms with E-state index < -0.39 is 0 Å². The Balaban J connectivity index is 0.000000130. The summed E-state index contributed by atoms with van der Waals surface area (Å²) in [4.78, 5) is 22.3. The molecular weight excluding hydrogens is 756 g/mol. The summed E-state index contributed by atoms with van der Waals surface area (Å²) in [7, 11) is 3.78. The Morgan fingerprint density at radius 3 is 1.71 bits per heavy atom. The monoisotopic (exact) mass is 792 g/mol. The van der Waals surface area contributed by atoms with E-state index in [0.717, 1.165) is 91.7 Å². The zero-order valence-corrected chi connectivity index (χ0v) is 32.5. The molecule has 0 atom stereocenters. The van der Waals surface area contributed by atoms with E-state index in [-0.39, 0.29) is 0 Å². The molecule has 2 fully saturated rings. The van der Waals surface area contributed by atoms with E-state index in [9.17, 15) is 0 Å². The van der Waals surface area contributed by atoms with Crippen LogP contribution in [0.25, 0.3) is 44.3 Å². The molecule has 0 spiro atoms. The van der Waals surface area contributed by atoms with Crippen LogP contribution in [0.1, 0.15) is 25.7 Å². The lowest BCUT2D eigenvalue weighted by molar-refractivity contribution is 0.768. The standard InChI is InChI=1S/C18H18N8S.C12H9ClN4.C6H10N4S/c1-25-11-13(10-20-25)12-8-15-14(19-9-12)4-5-16(21-15)22-17-23-24-18(27-17)26-6-2-3-7-26;1-17-7-9(6-15-17)8-4-11-10(14-5-8)2-3-12(13)16-11;7-5-8-9-6(11-5)10-3-1-2-4-10/h4-5,8-11H,2-3,6-7H2,1H3,(H,21,22,23);2-7H,1H3;1-4H2,(H2,7,8). The quantitative estimate of drug-likeness (QED) is 0.171. The molecule has 3 N–H and O–H groups in total. The molecule has 8 aromatic heterocycles. The summed E-state index contributed by atoms with van der Waals surface area (Å²) in [6.45, 7) is 4.33. The molecule has 280 valence electrons. The molecule has 10 heterocycles. The van der Waals surface area contributed by atoms with Gasteiger partial charge in [-0.3, -0.25) is 19.3 Å². The van der Waals surface area contributed by atoms with Gasteiger partial charge >= 0.3 is 0 Å². The lowest BCUT2D eigenvalue weighted by Gasteiger charge is -2.10. The fraction of sp³-hybridized carbons (Fsp3) is 0.278. The minimum Gasteiger partial charge on any atom is -0.374 e. The van der Waals surface area contributed by atoms with Crippen LogP contribution in [0.3, 0.4) is 0 Å². The summed E-state index contributed by atoms with van der Waals surface area (Å²) in [5.74, 6) is 0.733. The number of halogens is 1. The van der Waals surface area contributed by atoms with E-state index in [0.29, 0.717) is 10.3 Å². The highest BCUT2D eigenvalue weighted by atomic mass is 35.5. The second-order valence-electron chi connectivity index (χ2n) is 13.0. The highest BCUT2D eigenvalue weighted by molar-refractivity contribution is 7.19. The Morgan fingerprint density at radius 1 is 0.618 bits per heavy atom. The van der Waals surface area contributed by atoms with Crippen LogP contribution < -0.4 is 20.9 Å². The van der Waals surface area contributed by atoms with Crippen molar-refractivity contribution in [3.63, 3.8) is 0 Å². The largest absolute Gasteiger partial charge is 0.374 e. The molecule has 16 nitrogen and oxygen atoms in total. The summed E-state index contributed by atoms with van der Waals surface area (Å²) in [5.41, 5.74) is 12.8. The molecule has 0 aromatic carbocycles. The average Bonchev–Trinajstić information content (AvgIpc) is 4.04. The van der Waals surface area contributed by atoms with E-state index in [1.807, 2.05) is 75.4 Å². The molecule has 2 aliphatic heterocycles. The first-order valence-corrected chi connectivity index (χ1v) is 19.7. The van der Waals surface area contributed by atoms with Gasteiger partial charge in [-0.15, -0.1) is 20.4 Å². The van der Waals surface area contributed by atoms with Gasteiger partial charge in [-0.1, -0.05) is 34.3 Å². The van der Waals surface area contributed by atoms with Gasteiger partial charge in [0.15, 0.2) is 0 Å². The summed E-state index contributed by atoms with van der Waals surface area (Å²) in [6.07, 6.45) is 16.2. The maximum absolute atomic E-state index is 5.87. The fourth-order valence-electron chi connectivity index (χ4n) is 6.19. The van der Waals surface area contributed by atoms with Crippen LogP contribution in [0.15, 0.2) is 73.6 Å². The Hall–Kier alpha value is -5.85. The van der Waals surface area contributed by atoms with Crippen molar-refractivity contribution in [2.45, 2.75) is 25.7 Å². The van der Waals surface area contributed by atoms with Gasteiger partial charge in [-0.25, -0.2) is 9.97 Å². The Bertz CT molecular complexity index is 2530. The Kier molecular flexibility index (Phi) is 10.7. The van der Waals surface area contributed by atoms with E-state index in [1.165, 1.54) is 37.0 Å². The number of fused-ring (bicyclic) bond motifs is 2. The maximum Gasteiger partial charge on any atom is 0.212 e. The number of nitrogens with zero attached hydrogens (tertiary/aromatic N) is 14. The summed E-state index contributed by atoms with van der Waals surface area (Å²) in [5, 5.41) is 31.6. The molecule has 0 unspecified atom stereocenters. The predicted molar refractivity (Wildman–Crippen MR) is 219 cm³/mol. The van der Waals surface area contributed by atoms with E-state index in [4.69, 9.17) is 22.3 Å². The van der Waals surface area contributed by atoms with Crippen molar-refractivity contribution in [2.24, 2.45) is 14.1 Å². The second kappa shape index (κ2) is 16.3. The molecule has 2 aliphatic rings. The molecule has 0 radical (unpaired) electrons. The first kappa shape index (κ1) is 36.1. The van der Waals surface area contributed by atoms with Crippen LogP contribution in [0.2, 0.25) is 5.15 Å². The van der Waals surface area contributed by atoms with E-state index >= 15 is 0 Å². The van der Waals surface area contributed by atoms with Crippen molar-refractivity contribution in [2.75, 3.05) is 47.0 Å². The third kappa shape index (κ3) is 8.77. The average molecular weight is 793 g/mol. The number of nitrogens with one attached hydrogen (secondary N) is 1. The SMILES string of the molecule is Cn1cc(-c2cnc3ccc(Cl)nc3c2)cn1.Cn1cc(-c2cnc3ccc(Nc4nnc(N5CCCC5)s4)nc3c2)cn1.Nc1nnc(N2CCCC2)s1. The summed E-state index contributed by atoms with van der Waals surface area (Å²) in [6, 6.07) is 11.5. The second-order valence-corrected chi connectivity index (χ2v) is 15.3. The third-order valence-corrected chi connectivity index (χ3v) is 10.9. The molecular formula is C36H37ClN16S2. The van der Waals surface area contributed by atoms with Gasteiger partial charge in [0, 0.05) is 87.3 Å². The lowest BCUT2D eigenvalue weighted by Crippen LogP contribution is -2.17. The van der Waals surface area contributed by atoms with Crippen LogP contribution in [-0.4, -0.2) is 86.1 Å². The van der Waals surface area contributed by atoms with E-state index in [2.05, 4.69) is 60.7 Å². The lowest BCUT2D eigenvalue weighted by atomic mass is 10.1. The normalized spacial score (nSPS) is 13.9. The molecule has 10 rings (SSSR count). The van der Waals surface area contributed by atoms with Crippen LogP contribution >= 0.6 is 34.3 Å². The van der Waals surface area contributed by atoms with Crippen molar-refractivity contribution in [1.29, 1.82) is 0 Å². The van der Waals surface area contributed by atoms with Gasteiger partial charge in [0.05, 0.1) is 34.5 Å². The zero-order chi connectivity index (χ0) is 37.7. The van der Waals surface area contributed by atoms with Gasteiger partial charge in [0.2, 0.25) is 20.5 Å². The van der Waals surface area contributed by atoms with Crippen molar-refractivity contribution in [3.05, 3.63) is 78.7 Å². The first-order chi connectivity index (χ1) is 26.8. The van der Waals surface area contributed by atoms with Crippen LogP contribution in [0, 0.1) is 0 Å². The molecule has 0 bridgehead atoms. The smallest absolute Gasteiger partial charge is 0.212 e. The number of pyridine rings is 4. The maximum atomic E-state index is 5.87. The molecule has 8 aromatic rings. The van der Waals surface area contributed by atoms with Crippen LogP contribution in [-0.2, 0) is 14.1 Å². The number of aryl methyl sites for hydroxylation is 2. The number of nitrogen functional groups attached to an aromatic ring is 1. The van der Waals surface area contributed by atoms with Gasteiger partial charge in [0.25, 0.3) is 0 Å². The highest BCUT2D eigenvalue weighted by Gasteiger charge is 2.18. The van der Waals surface area contributed by atoms with Gasteiger partial charge < -0.3 is 20.9 Å². The number of hydrogen-bond donors (Lipinski definition) is 2. The molecule has 19 heteroatoms. The molecule has 0 saturated carbocycles. The topological polar surface area (TPSA) is 183 Å².